The molecule has 0 saturated heterocycles. The van der Waals surface area contributed by atoms with Crippen molar-refractivity contribution in [2.24, 2.45) is 0 Å². The number of benzene rings is 3. The molecule has 3 aromatic carbocycles. The Kier molecular flexibility index (Phi) is 9.28. The van der Waals surface area contributed by atoms with E-state index < -0.39 is 15.0 Å². The van der Waals surface area contributed by atoms with Crippen LogP contribution in [-0.2, 0) is 42.5 Å². The quantitative estimate of drug-likeness (QED) is 0.183. The van der Waals surface area contributed by atoms with Gasteiger partial charge < -0.3 is 13.6 Å². The van der Waals surface area contributed by atoms with Gasteiger partial charge >= 0.3 is 7.60 Å². The van der Waals surface area contributed by atoms with Crippen LogP contribution in [0.5, 0.6) is 0 Å². The average molecular weight is 523 g/mol. The average Bonchev–Trinajstić information content (AvgIpc) is 2.82. The molecule has 31 heavy (non-hydrogen) atoms. The van der Waals surface area contributed by atoms with E-state index in [0.717, 1.165) is 16.7 Å². The number of rotatable bonds is 12. The highest BCUT2D eigenvalue weighted by molar-refractivity contribution is 9.10. The van der Waals surface area contributed by atoms with Gasteiger partial charge in [-0.2, -0.15) is 0 Å². The number of hydrogen-bond acceptors (Lipinski definition) is 5. The molecule has 8 heteroatoms. The van der Waals surface area contributed by atoms with Crippen LogP contribution in [-0.4, -0.2) is 11.0 Å². The lowest BCUT2D eigenvalue weighted by Gasteiger charge is -2.23. The van der Waals surface area contributed by atoms with Crippen LogP contribution in [0.25, 0.3) is 0 Å². The molecule has 0 aliphatic rings. The number of alkyl halides is 1. The maximum Gasteiger partial charge on any atom is 0.340 e. The second-order valence-electron chi connectivity index (χ2n) is 6.96. The van der Waals surface area contributed by atoms with Crippen molar-refractivity contribution >= 4 is 30.9 Å². The summed E-state index contributed by atoms with van der Waals surface area (Å²) in [6.45, 7) is 0.336. The van der Waals surface area contributed by atoms with Crippen molar-refractivity contribution in [3.8, 4) is 0 Å². The van der Waals surface area contributed by atoms with Gasteiger partial charge in [-0.15, -0.1) is 0 Å². The molecule has 0 heterocycles. The highest BCUT2D eigenvalue weighted by Gasteiger charge is 2.37. The molecule has 0 radical (unpaired) electrons. The van der Waals surface area contributed by atoms with E-state index in [1.54, 1.807) is 0 Å². The first-order valence-corrected chi connectivity index (χ1v) is 14.6. The molecule has 0 spiro atoms. The van der Waals surface area contributed by atoms with E-state index in [4.69, 9.17) is 13.6 Å². The maximum atomic E-state index is 13.6. The van der Waals surface area contributed by atoms with Gasteiger partial charge in [-0.05, 0) is 16.7 Å². The summed E-state index contributed by atoms with van der Waals surface area (Å²) in [6.07, 6.45) is 0. The van der Waals surface area contributed by atoms with Crippen molar-refractivity contribution in [3.63, 3.8) is 0 Å². The monoisotopic (exact) mass is 522 g/mol. The topological polar surface area (TPSA) is 61.8 Å². The van der Waals surface area contributed by atoms with Gasteiger partial charge in [0.25, 0.3) is 0 Å². The molecule has 3 aromatic rings. The third-order valence-electron chi connectivity index (χ3n) is 4.42. The van der Waals surface area contributed by atoms with Gasteiger partial charge in [0.2, 0.25) is 7.37 Å². The highest BCUT2D eigenvalue weighted by Crippen LogP contribution is 2.64. The molecule has 0 bridgehead atoms. The van der Waals surface area contributed by atoms with Crippen molar-refractivity contribution in [2.45, 2.75) is 19.8 Å². The van der Waals surface area contributed by atoms with Crippen LogP contribution in [0.15, 0.2) is 91.0 Å². The fourth-order valence-corrected chi connectivity index (χ4v) is 9.23. The van der Waals surface area contributed by atoms with E-state index >= 15 is 0 Å². The lowest BCUT2D eigenvalue weighted by Crippen LogP contribution is -2.05. The summed E-state index contributed by atoms with van der Waals surface area (Å²) in [6, 6.07) is 28.2. The van der Waals surface area contributed by atoms with Crippen LogP contribution >= 0.6 is 30.9 Å². The summed E-state index contributed by atoms with van der Waals surface area (Å²) >= 11 is 3.27. The van der Waals surface area contributed by atoms with Crippen LogP contribution in [0.1, 0.15) is 16.7 Å². The first-order chi connectivity index (χ1) is 15.0. The van der Waals surface area contributed by atoms with Gasteiger partial charge in [0.15, 0.2) is 0 Å². The maximum absolute atomic E-state index is 13.6. The van der Waals surface area contributed by atoms with Gasteiger partial charge in [0.1, 0.15) is 5.90 Å². The normalized spacial score (nSPS) is 13.6. The van der Waals surface area contributed by atoms with E-state index in [0.29, 0.717) is 0 Å². The fraction of sp³-hybridized carbons (Fsp3) is 0.217. The summed E-state index contributed by atoms with van der Waals surface area (Å²) in [5.74, 6) is -0.308. The largest absolute Gasteiger partial charge is 0.340 e. The lowest BCUT2D eigenvalue weighted by atomic mass is 10.2. The Hall–Kier alpha value is -1.52. The fourth-order valence-electron chi connectivity index (χ4n) is 2.76. The molecule has 0 aliphatic heterocycles. The van der Waals surface area contributed by atoms with Gasteiger partial charge in [-0.25, -0.2) is 0 Å². The van der Waals surface area contributed by atoms with Gasteiger partial charge in [0.05, 0.1) is 24.9 Å². The smallest absolute Gasteiger partial charge is 0.323 e. The minimum atomic E-state index is -3.73. The van der Waals surface area contributed by atoms with Crippen LogP contribution in [0.2, 0.25) is 0 Å². The predicted octanol–water partition coefficient (Wildman–Crippen LogP) is 7.42. The molecule has 5 nitrogen and oxygen atoms in total. The second kappa shape index (κ2) is 11.9. The van der Waals surface area contributed by atoms with Crippen molar-refractivity contribution < 1.29 is 22.7 Å². The molecule has 1 unspecified atom stereocenters. The van der Waals surface area contributed by atoms with Crippen molar-refractivity contribution in [1.82, 2.24) is 0 Å². The van der Waals surface area contributed by atoms with E-state index in [-0.39, 0.29) is 30.8 Å². The Morgan fingerprint density at radius 3 is 1.29 bits per heavy atom. The number of hydrogen-bond donors (Lipinski definition) is 0. The van der Waals surface area contributed by atoms with Crippen LogP contribution in [0.4, 0.5) is 0 Å². The van der Waals surface area contributed by atoms with Gasteiger partial charge in [-0.1, -0.05) is 107 Å². The zero-order chi connectivity index (χ0) is 22.0. The summed E-state index contributed by atoms with van der Waals surface area (Å²) in [7, 11) is -7.05. The Balaban J connectivity index is 1.72. The SMILES string of the molecule is O=P(CBr)(CP(=O)(OCc1ccccc1)OCc1ccccc1)OCc1ccccc1. The molecule has 3 rings (SSSR count). The van der Waals surface area contributed by atoms with Crippen LogP contribution < -0.4 is 0 Å². The molecule has 164 valence electrons. The number of halogens is 1. The van der Waals surface area contributed by atoms with Crippen LogP contribution in [0.3, 0.4) is 0 Å². The zero-order valence-electron chi connectivity index (χ0n) is 17.0. The molecule has 0 aliphatic carbocycles. The Bertz CT molecular complexity index is 968. The molecular weight excluding hydrogens is 498 g/mol. The van der Waals surface area contributed by atoms with Crippen LogP contribution in [0, 0.1) is 0 Å². The van der Waals surface area contributed by atoms with E-state index in [2.05, 4.69) is 15.9 Å². The van der Waals surface area contributed by atoms with Crippen molar-refractivity contribution in [1.29, 1.82) is 0 Å². The minimum absolute atomic E-state index is 0.0558. The Labute approximate surface area is 191 Å². The first-order valence-electron chi connectivity index (χ1n) is 9.79. The molecule has 0 amide bonds. The molecule has 0 saturated carbocycles. The van der Waals surface area contributed by atoms with Gasteiger partial charge in [0, 0.05) is 0 Å². The third-order valence-corrected chi connectivity index (χ3v) is 11.8. The third kappa shape index (κ3) is 8.16. The standard InChI is InChI=1S/C23H25BrO5P2/c24-19-30(25,27-16-21-10-4-1-5-11-21)20-31(26,28-17-22-12-6-2-7-13-22)29-18-23-14-8-3-9-15-23/h1-15H,16-20H2. The predicted molar refractivity (Wildman–Crippen MR) is 128 cm³/mol. The summed E-state index contributed by atoms with van der Waals surface area (Å²) in [4.78, 5) is 0. The van der Waals surface area contributed by atoms with E-state index in [1.807, 2.05) is 91.0 Å². The lowest BCUT2D eigenvalue weighted by molar-refractivity contribution is 0.193. The highest BCUT2D eigenvalue weighted by atomic mass is 79.9. The molecule has 0 N–H and O–H groups in total. The zero-order valence-corrected chi connectivity index (χ0v) is 20.4. The molecule has 1 atom stereocenters. The van der Waals surface area contributed by atoms with Crippen molar-refractivity contribution in [3.05, 3.63) is 108 Å². The van der Waals surface area contributed by atoms with E-state index in [9.17, 15) is 9.13 Å². The van der Waals surface area contributed by atoms with E-state index in [1.165, 1.54) is 0 Å². The van der Waals surface area contributed by atoms with Crippen molar-refractivity contribution in [2.75, 3.05) is 11.0 Å². The van der Waals surface area contributed by atoms with Gasteiger partial charge in [-0.3, -0.25) is 9.13 Å². The molecular formula is C23H25BrO5P2. The summed E-state index contributed by atoms with van der Waals surface area (Å²) < 4.78 is 44.3. The Morgan fingerprint density at radius 2 is 0.935 bits per heavy atom. The molecule has 0 aromatic heterocycles. The molecule has 0 fully saturated rings. The summed E-state index contributed by atoms with van der Waals surface area (Å²) in [5.41, 5.74) is 2.59. The summed E-state index contributed by atoms with van der Waals surface area (Å²) in [5, 5.41) is 0.0558. The Morgan fingerprint density at radius 1 is 0.581 bits per heavy atom. The first kappa shape index (κ1) is 24.1. The minimum Gasteiger partial charge on any atom is -0.323 e. The second-order valence-corrected chi connectivity index (χ2v) is 13.5.